The summed E-state index contributed by atoms with van der Waals surface area (Å²) in [5.41, 5.74) is 0. The molecule has 1 N–H and O–H groups in total. The number of carbonyl (C=O) groups excluding carboxylic acids is 1. The van der Waals surface area contributed by atoms with Crippen LogP contribution in [0.15, 0.2) is 12.2 Å². The first-order valence-corrected chi connectivity index (χ1v) is 18.0. The lowest BCUT2D eigenvalue weighted by atomic mass is 10.0. The van der Waals surface area contributed by atoms with Gasteiger partial charge in [0, 0.05) is 12.8 Å². The van der Waals surface area contributed by atoms with Crippen molar-refractivity contribution in [3.05, 3.63) is 12.2 Å². The van der Waals surface area contributed by atoms with Crippen molar-refractivity contribution >= 4 is 11.9 Å². The maximum Gasteiger partial charge on any atom is 0.305 e. The van der Waals surface area contributed by atoms with Gasteiger partial charge in [-0.15, -0.1) is 0 Å². The fourth-order valence-electron chi connectivity index (χ4n) is 5.09. The van der Waals surface area contributed by atoms with E-state index in [-0.39, 0.29) is 5.97 Å². The zero-order chi connectivity index (χ0) is 30.5. The summed E-state index contributed by atoms with van der Waals surface area (Å²) in [6.07, 6.45) is 42.2. The minimum absolute atomic E-state index is 0.0651. The fourth-order valence-corrected chi connectivity index (χ4v) is 5.09. The van der Waals surface area contributed by atoms with Crippen LogP contribution in [0.5, 0.6) is 0 Å². The van der Waals surface area contributed by atoms with Gasteiger partial charge < -0.3 is 9.84 Å². The highest BCUT2D eigenvalue weighted by Gasteiger charge is 1.99. The normalized spacial score (nSPS) is 11.0. The number of ether oxygens (including phenoxy) is 1. The van der Waals surface area contributed by atoms with E-state index in [4.69, 9.17) is 5.11 Å². The van der Waals surface area contributed by atoms with Crippen molar-refractivity contribution in [3.63, 3.8) is 0 Å². The number of rotatable bonds is 31. The van der Waals surface area contributed by atoms with Crippen LogP contribution in [-0.2, 0) is 14.3 Å². The molecule has 0 aliphatic heterocycles. The molecule has 41 heavy (non-hydrogen) atoms. The van der Waals surface area contributed by atoms with Crippen LogP contribution in [0.25, 0.3) is 0 Å². The highest BCUT2D eigenvalue weighted by atomic mass is 16.5. The van der Waals surface area contributed by atoms with Crippen molar-refractivity contribution in [2.75, 3.05) is 7.11 Å². The van der Waals surface area contributed by atoms with Gasteiger partial charge in [0.15, 0.2) is 0 Å². The molecule has 0 bridgehead atoms. The van der Waals surface area contributed by atoms with Gasteiger partial charge in [-0.2, -0.15) is 0 Å². The summed E-state index contributed by atoms with van der Waals surface area (Å²) < 4.78 is 4.63. The van der Waals surface area contributed by atoms with E-state index < -0.39 is 5.97 Å². The second-order valence-corrected chi connectivity index (χ2v) is 12.0. The predicted octanol–water partition coefficient (Wildman–Crippen LogP) is 12.5. The lowest BCUT2D eigenvalue weighted by Gasteiger charge is -2.03. The minimum atomic E-state index is -0.664. The third-order valence-electron chi connectivity index (χ3n) is 7.86. The van der Waals surface area contributed by atoms with E-state index in [1.807, 2.05) is 0 Å². The number of aliphatic carboxylic acids is 1. The van der Waals surface area contributed by atoms with Crippen LogP contribution in [-0.4, -0.2) is 24.2 Å². The molecule has 4 heteroatoms. The zero-order valence-electron chi connectivity index (χ0n) is 28.0. The molecule has 0 unspecified atom stereocenters. The van der Waals surface area contributed by atoms with Crippen molar-refractivity contribution < 1.29 is 19.4 Å². The topological polar surface area (TPSA) is 63.6 Å². The molecular formula is C37H72O4. The molecule has 0 aliphatic carbocycles. The van der Waals surface area contributed by atoms with Crippen molar-refractivity contribution in [2.24, 2.45) is 0 Å². The Balaban J connectivity index is 0. The number of esters is 1. The second kappa shape index (κ2) is 38.7. The molecule has 0 spiro atoms. The summed E-state index contributed by atoms with van der Waals surface area (Å²) in [7, 11) is 1.47. The van der Waals surface area contributed by atoms with Crippen molar-refractivity contribution in [3.8, 4) is 0 Å². The Morgan fingerprint density at radius 3 is 1.07 bits per heavy atom. The highest BCUT2D eigenvalue weighted by molar-refractivity contribution is 5.69. The number of carboxylic acid groups (broad SMARTS) is 1. The van der Waals surface area contributed by atoms with Gasteiger partial charge in [-0.1, -0.05) is 167 Å². The molecule has 0 radical (unpaired) electrons. The van der Waals surface area contributed by atoms with Crippen LogP contribution in [0.4, 0.5) is 0 Å². The van der Waals surface area contributed by atoms with E-state index in [2.05, 4.69) is 30.7 Å². The van der Waals surface area contributed by atoms with Crippen LogP contribution in [0.3, 0.4) is 0 Å². The van der Waals surface area contributed by atoms with E-state index in [0.717, 1.165) is 19.3 Å². The summed E-state index contributed by atoms with van der Waals surface area (Å²) in [4.78, 5) is 21.2. The summed E-state index contributed by atoms with van der Waals surface area (Å²) in [6.45, 7) is 4.54. The summed E-state index contributed by atoms with van der Waals surface area (Å²) >= 11 is 0. The van der Waals surface area contributed by atoms with Gasteiger partial charge in [0.1, 0.15) is 0 Å². The lowest BCUT2D eigenvalue weighted by Crippen LogP contribution is -1.99. The van der Waals surface area contributed by atoms with Crippen molar-refractivity contribution in [1.29, 1.82) is 0 Å². The first-order chi connectivity index (χ1) is 20.1. The Morgan fingerprint density at radius 2 is 0.756 bits per heavy atom. The Hall–Kier alpha value is -1.32. The molecule has 0 amide bonds. The van der Waals surface area contributed by atoms with Crippen LogP contribution in [0.2, 0.25) is 0 Å². The Labute approximate surface area is 256 Å². The fraction of sp³-hybridized carbons (Fsp3) is 0.892. The number of unbranched alkanes of at least 4 members (excludes halogenated alkanes) is 25. The van der Waals surface area contributed by atoms with Gasteiger partial charge in [-0.25, -0.2) is 0 Å². The van der Waals surface area contributed by atoms with E-state index in [1.54, 1.807) is 0 Å². The average molecular weight is 581 g/mol. The monoisotopic (exact) mass is 581 g/mol. The van der Waals surface area contributed by atoms with Gasteiger partial charge in [0.05, 0.1) is 7.11 Å². The van der Waals surface area contributed by atoms with Gasteiger partial charge in [-0.3, -0.25) is 9.59 Å². The van der Waals surface area contributed by atoms with Gasteiger partial charge >= 0.3 is 11.9 Å². The molecule has 0 heterocycles. The van der Waals surface area contributed by atoms with E-state index >= 15 is 0 Å². The molecular weight excluding hydrogens is 508 g/mol. The van der Waals surface area contributed by atoms with Gasteiger partial charge in [-0.05, 0) is 38.5 Å². The van der Waals surface area contributed by atoms with Crippen molar-refractivity contribution in [2.45, 2.75) is 206 Å². The van der Waals surface area contributed by atoms with Crippen LogP contribution >= 0.6 is 0 Å². The number of hydrogen-bond acceptors (Lipinski definition) is 3. The minimum Gasteiger partial charge on any atom is -0.481 e. The number of carbonyl (C=O) groups is 2. The molecule has 4 nitrogen and oxygen atoms in total. The third kappa shape index (κ3) is 43.3. The molecule has 0 aromatic heterocycles. The number of allylic oxidation sites excluding steroid dienone is 2. The molecule has 0 atom stereocenters. The third-order valence-corrected chi connectivity index (χ3v) is 7.86. The maximum absolute atomic E-state index is 10.9. The largest absolute Gasteiger partial charge is 0.481 e. The van der Waals surface area contributed by atoms with Crippen molar-refractivity contribution in [1.82, 2.24) is 0 Å². The summed E-state index contributed by atoms with van der Waals surface area (Å²) in [6, 6.07) is 0. The highest BCUT2D eigenvalue weighted by Crippen LogP contribution is 2.14. The van der Waals surface area contributed by atoms with Gasteiger partial charge in [0.2, 0.25) is 0 Å². The molecule has 0 aromatic rings. The Kier molecular flexibility index (Phi) is 39.4. The second-order valence-electron chi connectivity index (χ2n) is 12.0. The standard InChI is InChI=1S/C19H38O2.C18H34O2/c1-3-4-5-6-7-8-9-10-11-12-13-14-15-16-17-18-19(20)21-2;1-2-3-4-5-6-7-8-9-10-11-12-13-14-15-16-17-18(19)20/h3-18H2,1-2H3;9-10H,2-8,11-17H2,1H3,(H,19,20)/b;10-9-. The van der Waals surface area contributed by atoms with E-state index in [1.165, 1.54) is 168 Å². The van der Waals surface area contributed by atoms with Crippen LogP contribution in [0, 0.1) is 0 Å². The number of hydrogen-bond donors (Lipinski definition) is 1. The van der Waals surface area contributed by atoms with E-state index in [9.17, 15) is 9.59 Å². The number of methoxy groups -OCH3 is 1. The first-order valence-electron chi connectivity index (χ1n) is 18.0. The number of carboxylic acids is 1. The smallest absolute Gasteiger partial charge is 0.305 e. The molecule has 0 rings (SSSR count). The van der Waals surface area contributed by atoms with E-state index in [0.29, 0.717) is 12.8 Å². The summed E-state index contributed by atoms with van der Waals surface area (Å²) in [5, 5.41) is 8.51. The first kappa shape index (κ1) is 41.8. The van der Waals surface area contributed by atoms with Crippen LogP contribution < -0.4 is 0 Å². The molecule has 0 aromatic carbocycles. The predicted molar refractivity (Wildman–Crippen MR) is 179 cm³/mol. The molecule has 0 saturated carbocycles. The SMILES string of the molecule is CCCCCCCC/C=C\CCCCCCCC(=O)O.CCCCCCCCCCCCCCCCCC(=O)OC. The molecule has 244 valence electrons. The molecule has 0 aliphatic rings. The Bertz CT molecular complexity index is 543. The Morgan fingerprint density at radius 1 is 0.463 bits per heavy atom. The molecule has 0 saturated heterocycles. The summed E-state index contributed by atoms with van der Waals surface area (Å²) in [5.74, 6) is -0.729. The van der Waals surface area contributed by atoms with Crippen LogP contribution in [0.1, 0.15) is 206 Å². The lowest BCUT2D eigenvalue weighted by molar-refractivity contribution is -0.141. The maximum atomic E-state index is 10.9. The quantitative estimate of drug-likeness (QED) is 0.0503. The zero-order valence-corrected chi connectivity index (χ0v) is 28.0. The van der Waals surface area contributed by atoms with Gasteiger partial charge in [0.25, 0.3) is 0 Å². The molecule has 0 fully saturated rings. The average Bonchev–Trinajstić information content (AvgIpc) is 2.97.